The summed E-state index contributed by atoms with van der Waals surface area (Å²) in [5.41, 5.74) is 3.48. The predicted molar refractivity (Wildman–Crippen MR) is 81.3 cm³/mol. The monoisotopic (exact) mass is 303 g/mol. The highest BCUT2D eigenvalue weighted by atomic mass is 19.1. The molecular weight excluding hydrogens is 285 g/mol. The van der Waals surface area contributed by atoms with E-state index in [9.17, 15) is 4.39 Å². The van der Waals surface area contributed by atoms with Crippen LogP contribution in [0.25, 0.3) is 11.0 Å². The summed E-state index contributed by atoms with van der Waals surface area (Å²) in [7, 11) is 0. The summed E-state index contributed by atoms with van der Waals surface area (Å²) in [6.07, 6.45) is 2.33. The van der Waals surface area contributed by atoms with E-state index in [2.05, 4.69) is 25.7 Å². The van der Waals surface area contributed by atoms with E-state index in [4.69, 9.17) is 4.52 Å². The van der Waals surface area contributed by atoms with Gasteiger partial charge >= 0.3 is 0 Å². The van der Waals surface area contributed by atoms with E-state index in [-0.39, 0.29) is 5.54 Å². The molecule has 3 rings (SSSR count). The number of fused-ring (bicyclic) bond motifs is 1. The fourth-order valence-electron chi connectivity index (χ4n) is 2.48. The van der Waals surface area contributed by atoms with Crippen molar-refractivity contribution in [2.45, 2.75) is 39.4 Å². The van der Waals surface area contributed by atoms with Gasteiger partial charge in [-0.1, -0.05) is 5.16 Å². The largest absolute Gasteiger partial charge is 0.378 e. The Labute approximate surface area is 127 Å². The van der Waals surface area contributed by atoms with Gasteiger partial charge in [-0.25, -0.2) is 4.39 Å². The molecule has 7 heteroatoms. The van der Waals surface area contributed by atoms with E-state index in [1.165, 1.54) is 0 Å². The molecule has 0 aromatic carbocycles. The second-order valence-corrected chi connectivity index (χ2v) is 6.01. The van der Waals surface area contributed by atoms with Gasteiger partial charge in [-0.2, -0.15) is 5.10 Å². The van der Waals surface area contributed by atoms with E-state index >= 15 is 0 Å². The zero-order valence-corrected chi connectivity index (χ0v) is 12.8. The first-order chi connectivity index (χ1) is 10.5. The maximum Gasteiger partial charge on any atom is 0.139 e. The Morgan fingerprint density at radius 2 is 2.18 bits per heavy atom. The second kappa shape index (κ2) is 5.40. The van der Waals surface area contributed by atoms with Crippen LogP contribution < -0.4 is 5.32 Å². The molecule has 0 saturated heterocycles. The molecule has 0 aliphatic carbocycles. The Hall–Kier alpha value is -2.44. The zero-order valence-electron chi connectivity index (χ0n) is 12.8. The first kappa shape index (κ1) is 14.5. The van der Waals surface area contributed by atoms with Crippen LogP contribution in [0.1, 0.15) is 31.0 Å². The minimum Gasteiger partial charge on any atom is -0.378 e. The number of H-pyrrole nitrogens is 1. The molecule has 0 aliphatic rings. The van der Waals surface area contributed by atoms with Crippen LogP contribution in [0.4, 0.5) is 10.1 Å². The molecule has 3 aromatic rings. The number of pyridine rings is 1. The number of aromatic amines is 1. The molecule has 3 heterocycles. The number of halogens is 1. The van der Waals surface area contributed by atoms with Crippen LogP contribution in [0.15, 0.2) is 22.9 Å². The average Bonchev–Trinajstić information content (AvgIpc) is 3.06. The molecule has 0 atom stereocenters. The Kier molecular flexibility index (Phi) is 3.56. The highest BCUT2D eigenvalue weighted by Gasteiger charge is 2.22. The zero-order chi connectivity index (χ0) is 15.7. The average molecular weight is 303 g/mol. The van der Waals surface area contributed by atoms with Gasteiger partial charge in [0.15, 0.2) is 0 Å². The van der Waals surface area contributed by atoms with Crippen molar-refractivity contribution in [3.8, 4) is 0 Å². The fraction of sp³-hybridized carbons (Fsp3) is 0.400. The highest BCUT2D eigenvalue weighted by Crippen LogP contribution is 2.26. The molecule has 0 radical (unpaired) electrons. The maximum atomic E-state index is 12.5. The van der Waals surface area contributed by atoms with Gasteiger partial charge in [-0.3, -0.25) is 10.1 Å². The fourth-order valence-corrected chi connectivity index (χ4v) is 2.48. The number of hydrogen-bond donors (Lipinski definition) is 2. The van der Waals surface area contributed by atoms with Crippen LogP contribution in [0.2, 0.25) is 0 Å². The summed E-state index contributed by atoms with van der Waals surface area (Å²) in [6.45, 7) is 5.39. The SMILES string of the molecule is Cc1[nH]nc2c(NC(C)(C)Cc3cc(CF)no3)ccnc12. The lowest BCUT2D eigenvalue weighted by Gasteiger charge is -2.26. The summed E-state index contributed by atoms with van der Waals surface area (Å²) in [5, 5.41) is 14.4. The van der Waals surface area contributed by atoms with Crippen LogP contribution in [-0.4, -0.2) is 25.9 Å². The predicted octanol–water partition coefficient (Wildman–Crippen LogP) is 3.16. The lowest BCUT2D eigenvalue weighted by molar-refractivity contribution is 0.347. The van der Waals surface area contributed by atoms with Crippen molar-refractivity contribution in [1.82, 2.24) is 20.3 Å². The summed E-state index contributed by atoms with van der Waals surface area (Å²) >= 11 is 0. The number of rotatable bonds is 5. The third-order valence-electron chi connectivity index (χ3n) is 3.45. The number of nitrogens with one attached hydrogen (secondary N) is 2. The summed E-state index contributed by atoms with van der Waals surface area (Å²) in [4.78, 5) is 4.33. The minimum atomic E-state index is -0.616. The minimum absolute atomic E-state index is 0.311. The molecule has 116 valence electrons. The van der Waals surface area contributed by atoms with Crippen molar-refractivity contribution in [3.63, 3.8) is 0 Å². The number of hydrogen-bond acceptors (Lipinski definition) is 5. The lowest BCUT2D eigenvalue weighted by atomic mass is 9.98. The first-order valence-electron chi connectivity index (χ1n) is 7.07. The molecule has 0 aliphatic heterocycles. The van der Waals surface area contributed by atoms with Crippen molar-refractivity contribution in [1.29, 1.82) is 0 Å². The van der Waals surface area contributed by atoms with Gasteiger partial charge < -0.3 is 9.84 Å². The Bertz CT molecular complexity index is 792. The van der Waals surface area contributed by atoms with E-state index in [0.29, 0.717) is 17.9 Å². The normalized spacial score (nSPS) is 12.0. The number of aromatic nitrogens is 4. The van der Waals surface area contributed by atoms with Crippen molar-refractivity contribution in [2.24, 2.45) is 0 Å². The molecule has 22 heavy (non-hydrogen) atoms. The summed E-state index contributed by atoms with van der Waals surface area (Å²) in [5.74, 6) is 0.647. The molecular formula is C15H18FN5O. The molecule has 0 fully saturated rings. The quantitative estimate of drug-likeness (QED) is 0.757. The van der Waals surface area contributed by atoms with Crippen LogP contribution in [0.5, 0.6) is 0 Å². The Balaban J connectivity index is 1.83. The van der Waals surface area contributed by atoms with Gasteiger partial charge in [-0.05, 0) is 26.8 Å². The van der Waals surface area contributed by atoms with Gasteiger partial charge in [0.25, 0.3) is 0 Å². The Morgan fingerprint density at radius 3 is 2.91 bits per heavy atom. The third kappa shape index (κ3) is 2.79. The Morgan fingerprint density at radius 1 is 1.36 bits per heavy atom. The van der Waals surface area contributed by atoms with Gasteiger partial charge in [0.2, 0.25) is 0 Å². The van der Waals surface area contributed by atoms with E-state index in [0.717, 1.165) is 22.4 Å². The number of anilines is 1. The molecule has 2 N–H and O–H groups in total. The second-order valence-electron chi connectivity index (χ2n) is 6.01. The first-order valence-corrected chi connectivity index (χ1v) is 7.07. The van der Waals surface area contributed by atoms with Crippen LogP contribution >= 0.6 is 0 Å². The topological polar surface area (TPSA) is 79.6 Å². The van der Waals surface area contributed by atoms with E-state index < -0.39 is 6.67 Å². The molecule has 0 saturated carbocycles. The molecule has 0 amide bonds. The molecule has 6 nitrogen and oxygen atoms in total. The number of aryl methyl sites for hydroxylation is 1. The van der Waals surface area contributed by atoms with Gasteiger partial charge in [0.1, 0.15) is 29.2 Å². The van der Waals surface area contributed by atoms with Crippen molar-refractivity contribution in [3.05, 3.63) is 35.5 Å². The molecule has 0 unspecified atom stereocenters. The molecule has 0 spiro atoms. The van der Waals surface area contributed by atoms with Gasteiger partial charge in [0.05, 0.1) is 11.4 Å². The third-order valence-corrected chi connectivity index (χ3v) is 3.45. The van der Waals surface area contributed by atoms with Gasteiger partial charge in [0, 0.05) is 24.2 Å². The van der Waals surface area contributed by atoms with Crippen LogP contribution in [-0.2, 0) is 13.1 Å². The summed E-state index contributed by atoms with van der Waals surface area (Å²) in [6, 6.07) is 3.53. The number of alkyl halides is 1. The van der Waals surface area contributed by atoms with E-state index in [1.807, 2.05) is 26.8 Å². The highest BCUT2D eigenvalue weighted by molar-refractivity contribution is 5.88. The van der Waals surface area contributed by atoms with Crippen molar-refractivity contribution in [2.75, 3.05) is 5.32 Å². The van der Waals surface area contributed by atoms with Crippen molar-refractivity contribution >= 4 is 16.7 Å². The maximum absolute atomic E-state index is 12.5. The summed E-state index contributed by atoms with van der Waals surface area (Å²) < 4.78 is 17.7. The van der Waals surface area contributed by atoms with E-state index in [1.54, 1.807) is 12.3 Å². The van der Waals surface area contributed by atoms with Crippen molar-refractivity contribution < 1.29 is 8.91 Å². The van der Waals surface area contributed by atoms with Crippen LogP contribution in [0.3, 0.4) is 0 Å². The van der Waals surface area contributed by atoms with Crippen LogP contribution in [0, 0.1) is 6.92 Å². The standard InChI is InChI=1S/C15H18FN5O/c1-9-13-14(20-19-9)12(4-5-17-13)18-15(2,3)7-11-6-10(8-16)21-22-11/h4-6H,7-8H2,1-3H3,(H,17,18)(H,19,20). The molecule has 3 aromatic heterocycles. The van der Waals surface area contributed by atoms with Gasteiger partial charge in [-0.15, -0.1) is 0 Å². The smallest absolute Gasteiger partial charge is 0.139 e. The lowest BCUT2D eigenvalue weighted by Crippen LogP contribution is -2.33. The number of nitrogens with zero attached hydrogens (tertiary/aromatic N) is 3. The molecule has 0 bridgehead atoms.